The second-order valence-corrected chi connectivity index (χ2v) is 7.86. The molecular formula is C14H20BrNO3S. The standard InChI is InChI=1S/C14H20BrNO3S/c1-2-16-13(11-7-8-19-9-11)10-20(17,18)14-6-4-3-5-12(14)15/h3-6,11,13,16H,2,7-10H2,1H3. The molecule has 0 radical (unpaired) electrons. The van der Waals surface area contributed by atoms with E-state index in [9.17, 15) is 8.42 Å². The quantitative estimate of drug-likeness (QED) is 0.843. The van der Waals surface area contributed by atoms with Gasteiger partial charge in [-0.15, -0.1) is 0 Å². The van der Waals surface area contributed by atoms with Gasteiger partial charge in [0.05, 0.1) is 17.3 Å². The van der Waals surface area contributed by atoms with Crippen molar-refractivity contribution in [2.24, 2.45) is 5.92 Å². The zero-order valence-electron chi connectivity index (χ0n) is 11.5. The Hall–Kier alpha value is -0.430. The van der Waals surface area contributed by atoms with Gasteiger partial charge in [0.15, 0.2) is 9.84 Å². The molecule has 20 heavy (non-hydrogen) atoms. The number of rotatable bonds is 6. The van der Waals surface area contributed by atoms with E-state index in [-0.39, 0.29) is 17.7 Å². The molecule has 0 spiro atoms. The first kappa shape index (κ1) is 15.9. The average Bonchev–Trinajstić information content (AvgIpc) is 2.92. The molecule has 0 aromatic heterocycles. The molecule has 1 saturated heterocycles. The Kier molecular flexibility index (Phi) is 5.60. The number of nitrogens with one attached hydrogen (secondary N) is 1. The van der Waals surface area contributed by atoms with E-state index < -0.39 is 9.84 Å². The zero-order chi connectivity index (χ0) is 14.6. The lowest BCUT2D eigenvalue weighted by molar-refractivity contribution is 0.179. The summed E-state index contributed by atoms with van der Waals surface area (Å²) in [6.07, 6.45) is 0.920. The van der Waals surface area contributed by atoms with Crippen molar-refractivity contribution in [3.8, 4) is 0 Å². The predicted octanol–water partition coefficient (Wildman–Crippen LogP) is 2.24. The van der Waals surface area contributed by atoms with Gasteiger partial charge >= 0.3 is 0 Å². The van der Waals surface area contributed by atoms with Gasteiger partial charge in [0, 0.05) is 23.0 Å². The van der Waals surface area contributed by atoms with Crippen LogP contribution in [0.2, 0.25) is 0 Å². The molecule has 1 N–H and O–H groups in total. The maximum Gasteiger partial charge on any atom is 0.181 e. The van der Waals surface area contributed by atoms with Crippen LogP contribution in [0.15, 0.2) is 33.6 Å². The lowest BCUT2D eigenvalue weighted by Gasteiger charge is -2.23. The van der Waals surface area contributed by atoms with Gasteiger partial charge in [0.2, 0.25) is 0 Å². The molecule has 2 unspecified atom stereocenters. The maximum absolute atomic E-state index is 12.6. The fourth-order valence-corrected chi connectivity index (χ4v) is 5.24. The Labute approximate surface area is 129 Å². The molecule has 0 amide bonds. The molecule has 1 heterocycles. The van der Waals surface area contributed by atoms with Crippen molar-refractivity contribution >= 4 is 25.8 Å². The summed E-state index contributed by atoms with van der Waals surface area (Å²) in [7, 11) is -3.31. The van der Waals surface area contributed by atoms with Crippen LogP contribution in [0.25, 0.3) is 0 Å². The molecule has 2 atom stereocenters. The number of ether oxygens (including phenoxy) is 1. The SMILES string of the molecule is CCNC(CS(=O)(=O)c1ccccc1Br)C1CCOC1. The molecule has 2 rings (SSSR count). The molecule has 1 aromatic carbocycles. The molecule has 1 aromatic rings. The highest BCUT2D eigenvalue weighted by Gasteiger charge is 2.30. The molecule has 0 bridgehead atoms. The van der Waals surface area contributed by atoms with Crippen LogP contribution in [0.1, 0.15) is 13.3 Å². The van der Waals surface area contributed by atoms with Crippen molar-refractivity contribution in [2.45, 2.75) is 24.3 Å². The van der Waals surface area contributed by atoms with E-state index in [1.165, 1.54) is 0 Å². The highest BCUT2D eigenvalue weighted by molar-refractivity contribution is 9.10. The average molecular weight is 362 g/mol. The number of benzene rings is 1. The van der Waals surface area contributed by atoms with Crippen molar-refractivity contribution in [1.29, 1.82) is 0 Å². The minimum atomic E-state index is -3.31. The second kappa shape index (κ2) is 7.02. The molecule has 0 saturated carbocycles. The molecule has 112 valence electrons. The summed E-state index contributed by atoms with van der Waals surface area (Å²) >= 11 is 3.32. The summed E-state index contributed by atoms with van der Waals surface area (Å²) in [5, 5.41) is 3.30. The fraction of sp³-hybridized carbons (Fsp3) is 0.571. The van der Waals surface area contributed by atoms with Gasteiger partial charge in [0.1, 0.15) is 0 Å². The van der Waals surface area contributed by atoms with Crippen LogP contribution in [0, 0.1) is 5.92 Å². The van der Waals surface area contributed by atoms with Crippen molar-refractivity contribution in [1.82, 2.24) is 5.32 Å². The molecular weight excluding hydrogens is 342 g/mol. The minimum absolute atomic E-state index is 0.0559. The van der Waals surface area contributed by atoms with Gasteiger partial charge in [0.25, 0.3) is 0 Å². The third kappa shape index (κ3) is 3.81. The van der Waals surface area contributed by atoms with Gasteiger partial charge in [-0.2, -0.15) is 0 Å². The van der Waals surface area contributed by atoms with E-state index in [1.807, 2.05) is 13.0 Å². The summed E-state index contributed by atoms with van der Waals surface area (Å²) in [6, 6.07) is 6.91. The van der Waals surface area contributed by atoms with E-state index in [4.69, 9.17) is 4.74 Å². The number of hydrogen-bond acceptors (Lipinski definition) is 4. The molecule has 0 aliphatic carbocycles. The zero-order valence-corrected chi connectivity index (χ0v) is 13.9. The third-order valence-corrected chi connectivity index (χ3v) is 6.35. The largest absolute Gasteiger partial charge is 0.381 e. The second-order valence-electron chi connectivity index (χ2n) is 5.00. The van der Waals surface area contributed by atoms with Gasteiger partial charge in [-0.1, -0.05) is 19.1 Å². The highest BCUT2D eigenvalue weighted by Crippen LogP contribution is 2.25. The Morgan fingerprint density at radius 2 is 2.20 bits per heavy atom. The molecule has 1 fully saturated rings. The Balaban J connectivity index is 2.18. The van der Waals surface area contributed by atoms with Gasteiger partial charge in [-0.05, 0) is 41.0 Å². The number of halogens is 1. The summed E-state index contributed by atoms with van der Waals surface area (Å²) in [5.74, 6) is 0.379. The first-order valence-electron chi connectivity index (χ1n) is 6.83. The van der Waals surface area contributed by atoms with E-state index in [0.29, 0.717) is 16.0 Å². The predicted molar refractivity (Wildman–Crippen MR) is 82.6 cm³/mol. The first-order chi connectivity index (χ1) is 9.54. The third-order valence-electron chi connectivity index (χ3n) is 3.57. The lowest BCUT2D eigenvalue weighted by atomic mass is 10.0. The normalized spacial score (nSPS) is 21.0. The Morgan fingerprint density at radius 3 is 2.80 bits per heavy atom. The maximum atomic E-state index is 12.6. The van der Waals surface area contributed by atoms with Gasteiger partial charge < -0.3 is 10.1 Å². The summed E-state index contributed by atoms with van der Waals surface area (Å²) in [6.45, 7) is 4.12. The fourth-order valence-electron chi connectivity index (χ4n) is 2.52. The van der Waals surface area contributed by atoms with Crippen LogP contribution in [0.4, 0.5) is 0 Å². The topological polar surface area (TPSA) is 55.4 Å². The van der Waals surface area contributed by atoms with Crippen LogP contribution in [-0.4, -0.2) is 40.0 Å². The van der Waals surface area contributed by atoms with Crippen LogP contribution in [0.3, 0.4) is 0 Å². The Morgan fingerprint density at radius 1 is 1.45 bits per heavy atom. The smallest absolute Gasteiger partial charge is 0.181 e. The molecule has 6 heteroatoms. The van der Waals surface area contributed by atoms with Crippen molar-refractivity contribution in [2.75, 3.05) is 25.5 Å². The lowest BCUT2D eigenvalue weighted by Crippen LogP contribution is -2.42. The van der Waals surface area contributed by atoms with E-state index >= 15 is 0 Å². The van der Waals surface area contributed by atoms with Crippen LogP contribution in [0.5, 0.6) is 0 Å². The minimum Gasteiger partial charge on any atom is -0.381 e. The van der Waals surface area contributed by atoms with Crippen LogP contribution < -0.4 is 5.32 Å². The molecule has 1 aliphatic heterocycles. The van der Waals surface area contributed by atoms with Crippen molar-refractivity contribution in [3.05, 3.63) is 28.7 Å². The monoisotopic (exact) mass is 361 g/mol. The van der Waals surface area contributed by atoms with Gasteiger partial charge in [-0.25, -0.2) is 8.42 Å². The summed E-state index contributed by atoms with van der Waals surface area (Å²) in [5.41, 5.74) is 0. The Bertz CT molecular complexity index is 541. The number of sulfone groups is 1. The molecule has 1 aliphatic rings. The molecule has 4 nitrogen and oxygen atoms in total. The van der Waals surface area contributed by atoms with E-state index in [0.717, 1.165) is 19.6 Å². The summed E-state index contributed by atoms with van der Waals surface area (Å²) in [4.78, 5) is 0.363. The highest BCUT2D eigenvalue weighted by atomic mass is 79.9. The summed E-state index contributed by atoms with van der Waals surface area (Å²) < 4.78 is 31.2. The van der Waals surface area contributed by atoms with Crippen LogP contribution in [-0.2, 0) is 14.6 Å². The van der Waals surface area contributed by atoms with E-state index in [2.05, 4.69) is 21.2 Å². The van der Waals surface area contributed by atoms with Crippen molar-refractivity contribution in [3.63, 3.8) is 0 Å². The van der Waals surface area contributed by atoms with E-state index in [1.54, 1.807) is 18.2 Å². The van der Waals surface area contributed by atoms with Crippen molar-refractivity contribution < 1.29 is 13.2 Å². The first-order valence-corrected chi connectivity index (χ1v) is 9.27. The van der Waals surface area contributed by atoms with Gasteiger partial charge in [-0.3, -0.25) is 0 Å². The number of hydrogen-bond donors (Lipinski definition) is 1. The van der Waals surface area contributed by atoms with Crippen LogP contribution >= 0.6 is 15.9 Å².